The number of aldehydes is 1. The first-order valence-electron chi connectivity index (χ1n) is 15.2. The molecular formula is C31H46O9. The average Bonchev–Trinajstić information content (AvgIpc) is 3.46. The molecule has 0 bridgehead atoms. The van der Waals surface area contributed by atoms with Crippen molar-refractivity contribution < 1.29 is 43.9 Å². The normalized spacial score (nSPS) is 54.1. The highest BCUT2D eigenvalue weighted by Crippen LogP contribution is 2.70. The van der Waals surface area contributed by atoms with Gasteiger partial charge in [0.25, 0.3) is 0 Å². The van der Waals surface area contributed by atoms with E-state index in [4.69, 9.17) is 18.9 Å². The van der Waals surface area contributed by atoms with Crippen molar-refractivity contribution in [3.8, 4) is 0 Å². The molecule has 5 fully saturated rings. The van der Waals surface area contributed by atoms with E-state index in [1.54, 1.807) is 20.1 Å². The Kier molecular flexibility index (Phi) is 7.08. The quantitative estimate of drug-likeness (QED) is 0.263. The van der Waals surface area contributed by atoms with Crippen LogP contribution in [-0.4, -0.2) is 83.2 Å². The van der Waals surface area contributed by atoms with Gasteiger partial charge in [-0.2, -0.15) is 0 Å². The van der Waals surface area contributed by atoms with Crippen LogP contribution in [0.1, 0.15) is 78.6 Å². The number of fused-ring (bicyclic) bond motifs is 5. The van der Waals surface area contributed by atoms with Crippen LogP contribution in [0.2, 0.25) is 0 Å². The number of methoxy groups -OCH3 is 1. The number of esters is 1. The third kappa shape index (κ3) is 3.87. The molecule has 6 rings (SSSR count). The van der Waals surface area contributed by atoms with Gasteiger partial charge in [-0.15, -0.1) is 0 Å². The summed E-state index contributed by atoms with van der Waals surface area (Å²) in [7, 11) is 1.58. The molecule has 9 heteroatoms. The van der Waals surface area contributed by atoms with Gasteiger partial charge in [-0.05, 0) is 81.6 Å². The standard InChI is InChI=1S/C31H46O9/c1-17-26(37-4)25(34)18(2)39-27(17)40-20-5-10-29(16-32)22-6-9-28(3)21(19-13-24(33)38-15-19)8-12-31(28,36)23(22)7-11-30(29,35)14-20/h13,16-18,20-23,25-27,34-36H,5-12,14-15H2,1-4H3/t17?,18?,20-,21+,22?,23?,25+,26?,27+,28+,29-,30-,31-/m0/s1. The number of rotatable bonds is 5. The van der Waals surface area contributed by atoms with E-state index in [1.165, 1.54) is 0 Å². The minimum absolute atomic E-state index is 0.0800. The van der Waals surface area contributed by atoms with Crippen molar-refractivity contribution in [3.63, 3.8) is 0 Å². The van der Waals surface area contributed by atoms with Gasteiger partial charge in [0.1, 0.15) is 19.0 Å². The van der Waals surface area contributed by atoms with Crippen LogP contribution in [0.5, 0.6) is 0 Å². The highest BCUT2D eigenvalue weighted by molar-refractivity contribution is 5.85. The topological polar surface area (TPSA) is 132 Å². The Morgan fingerprint density at radius 1 is 1.05 bits per heavy atom. The molecule has 13 atom stereocenters. The molecule has 0 radical (unpaired) electrons. The molecule has 0 aromatic carbocycles. The molecule has 3 N–H and O–H groups in total. The second-order valence-corrected chi connectivity index (χ2v) is 14.0. The molecule has 9 nitrogen and oxygen atoms in total. The molecule has 0 aromatic heterocycles. The monoisotopic (exact) mass is 562 g/mol. The van der Waals surface area contributed by atoms with Gasteiger partial charge >= 0.3 is 5.97 Å². The third-order valence-electron chi connectivity index (χ3n) is 12.5. The van der Waals surface area contributed by atoms with Gasteiger partial charge in [-0.3, -0.25) is 0 Å². The van der Waals surface area contributed by atoms with Crippen LogP contribution < -0.4 is 0 Å². The second kappa shape index (κ2) is 9.85. The van der Waals surface area contributed by atoms with Crippen molar-refractivity contribution in [1.82, 2.24) is 0 Å². The van der Waals surface area contributed by atoms with E-state index in [9.17, 15) is 24.9 Å². The average molecular weight is 563 g/mol. The maximum Gasteiger partial charge on any atom is 0.331 e. The minimum atomic E-state index is -1.22. The van der Waals surface area contributed by atoms with Gasteiger partial charge in [0, 0.05) is 30.9 Å². The summed E-state index contributed by atoms with van der Waals surface area (Å²) in [6, 6.07) is 0. The Morgan fingerprint density at radius 3 is 2.48 bits per heavy atom. The Balaban J connectivity index is 1.22. The lowest BCUT2D eigenvalue weighted by atomic mass is 9.41. The van der Waals surface area contributed by atoms with Crippen molar-refractivity contribution in [2.24, 2.45) is 34.5 Å². The van der Waals surface area contributed by atoms with Crippen molar-refractivity contribution in [3.05, 3.63) is 11.6 Å². The highest BCUT2D eigenvalue weighted by Gasteiger charge is 2.71. The fourth-order valence-corrected chi connectivity index (χ4v) is 10.3. The molecule has 0 aromatic rings. The molecule has 4 saturated carbocycles. The summed E-state index contributed by atoms with van der Waals surface area (Å²) in [6.07, 6.45) is 5.55. The lowest BCUT2D eigenvalue weighted by Crippen LogP contribution is -2.69. The largest absolute Gasteiger partial charge is 0.458 e. The Morgan fingerprint density at radius 2 is 1.80 bits per heavy atom. The van der Waals surface area contributed by atoms with Gasteiger partial charge in [0.05, 0.1) is 34.9 Å². The van der Waals surface area contributed by atoms with Crippen LogP contribution >= 0.6 is 0 Å². The summed E-state index contributed by atoms with van der Waals surface area (Å²) in [5.41, 5.74) is -2.54. The number of hydrogen-bond donors (Lipinski definition) is 3. The summed E-state index contributed by atoms with van der Waals surface area (Å²) in [6.45, 7) is 6.19. The van der Waals surface area contributed by atoms with Gasteiger partial charge in [0.15, 0.2) is 6.29 Å². The first-order valence-corrected chi connectivity index (χ1v) is 15.2. The maximum absolute atomic E-state index is 13.1. The van der Waals surface area contributed by atoms with E-state index in [2.05, 4.69) is 6.92 Å². The van der Waals surface area contributed by atoms with E-state index in [0.717, 1.165) is 31.1 Å². The van der Waals surface area contributed by atoms with Crippen molar-refractivity contribution in [2.45, 2.75) is 120 Å². The molecule has 2 aliphatic heterocycles. The molecule has 4 aliphatic carbocycles. The van der Waals surface area contributed by atoms with Crippen molar-refractivity contribution in [1.29, 1.82) is 0 Å². The van der Waals surface area contributed by atoms with Crippen LogP contribution in [0.4, 0.5) is 0 Å². The van der Waals surface area contributed by atoms with Crippen LogP contribution in [0.3, 0.4) is 0 Å². The Bertz CT molecular complexity index is 1060. The molecule has 40 heavy (non-hydrogen) atoms. The van der Waals surface area contributed by atoms with Gasteiger partial charge in [0.2, 0.25) is 0 Å². The van der Waals surface area contributed by atoms with E-state index in [0.29, 0.717) is 45.1 Å². The predicted octanol–water partition coefficient (Wildman–Crippen LogP) is 2.68. The molecule has 5 unspecified atom stereocenters. The fraction of sp³-hybridized carbons (Fsp3) is 0.871. The summed E-state index contributed by atoms with van der Waals surface area (Å²) in [5, 5.41) is 35.1. The SMILES string of the molecule is COC1C(C)[C@@H](O[C@H]2CC[C@]3(C=O)C4CC[C@]5(C)[C@@H](C6=CC(=O)OC6)CC[C@]5(O)C4CC[C@]3(O)C2)OC(C)[C@H]1O. The number of cyclic esters (lactones) is 1. The summed E-state index contributed by atoms with van der Waals surface area (Å²) < 4.78 is 23.2. The summed E-state index contributed by atoms with van der Waals surface area (Å²) >= 11 is 0. The highest BCUT2D eigenvalue weighted by atomic mass is 16.7. The molecule has 224 valence electrons. The fourth-order valence-electron chi connectivity index (χ4n) is 10.3. The maximum atomic E-state index is 13.1. The van der Waals surface area contributed by atoms with Crippen molar-refractivity contribution >= 4 is 12.3 Å². The zero-order chi connectivity index (χ0) is 28.7. The second-order valence-electron chi connectivity index (χ2n) is 14.0. The van der Waals surface area contributed by atoms with E-state index >= 15 is 0 Å². The number of carbonyl (C=O) groups is 2. The van der Waals surface area contributed by atoms with Crippen LogP contribution in [0, 0.1) is 34.5 Å². The molecule has 1 saturated heterocycles. The molecule has 6 aliphatic rings. The van der Waals surface area contributed by atoms with Crippen LogP contribution in [0.25, 0.3) is 0 Å². The number of aliphatic hydroxyl groups excluding tert-OH is 1. The first kappa shape index (κ1) is 28.7. The van der Waals surface area contributed by atoms with Crippen LogP contribution in [-0.2, 0) is 28.5 Å². The van der Waals surface area contributed by atoms with Crippen molar-refractivity contribution in [2.75, 3.05) is 13.7 Å². The van der Waals surface area contributed by atoms with E-state index < -0.39 is 46.6 Å². The molecular weight excluding hydrogens is 516 g/mol. The van der Waals surface area contributed by atoms with E-state index in [-0.39, 0.29) is 35.7 Å². The Labute approximate surface area is 236 Å². The summed E-state index contributed by atoms with van der Waals surface area (Å²) in [4.78, 5) is 24.9. The minimum Gasteiger partial charge on any atom is -0.458 e. The number of ether oxygens (including phenoxy) is 4. The number of aliphatic hydroxyl groups is 3. The predicted molar refractivity (Wildman–Crippen MR) is 143 cm³/mol. The lowest BCUT2D eigenvalue weighted by molar-refractivity contribution is -0.305. The van der Waals surface area contributed by atoms with E-state index in [1.807, 2.05) is 6.92 Å². The lowest BCUT2D eigenvalue weighted by Gasteiger charge is -2.65. The summed E-state index contributed by atoms with van der Waals surface area (Å²) in [5.74, 6) is -0.633. The third-order valence-corrected chi connectivity index (χ3v) is 12.5. The van der Waals surface area contributed by atoms with Crippen LogP contribution in [0.15, 0.2) is 11.6 Å². The zero-order valence-corrected chi connectivity index (χ0v) is 24.2. The van der Waals surface area contributed by atoms with Gasteiger partial charge in [-0.1, -0.05) is 13.8 Å². The van der Waals surface area contributed by atoms with Gasteiger partial charge < -0.3 is 39.1 Å². The molecule has 0 spiro atoms. The number of carbonyl (C=O) groups excluding carboxylic acids is 2. The Hall–Kier alpha value is -1.36. The smallest absolute Gasteiger partial charge is 0.331 e. The van der Waals surface area contributed by atoms with Gasteiger partial charge in [-0.25, -0.2) is 4.79 Å². The molecule has 0 amide bonds. The number of hydrogen-bond acceptors (Lipinski definition) is 9. The zero-order valence-electron chi connectivity index (χ0n) is 24.2. The first-order chi connectivity index (χ1) is 18.9. The molecule has 2 heterocycles.